The molecule has 0 N–H and O–H groups in total. The highest BCUT2D eigenvalue weighted by Crippen LogP contribution is 2.39. The predicted molar refractivity (Wildman–Crippen MR) is 89.4 cm³/mol. The molecule has 0 amide bonds. The topological polar surface area (TPSA) is 0 Å². The first-order valence-electron chi connectivity index (χ1n) is 8.62. The Labute approximate surface area is 126 Å². The van der Waals surface area contributed by atoms with Crippen LogP contribution in [0.5, 0.6) is 0 Å². The quantitative estimate of drug-likeness (QED) is 0.574. The van der Waals surface area contributed by atoms with Gasteiger partial charge in [-0.15, -0.1) is 0 Å². The second-order valence-electron chi connectivity index (χ2n) is 7.71. The second-order valence-corrected chi connectivity index (χ2v) is 7.71. The van der Waals surface area contributed by atoms with Gasteiger partial charge in [-0.2, -0.15) is 0 Å². The van der Waals surface area contributed by atoms with Gasteiger partial charge in [0.25, 0.3) is 0 Å². The SMILES string of the molecule is CCCC(c1ccc(C2CCCCC2)cc1)C(C)(C)C. The Morgan fingerprint density at radius 2 is 1.60 bits per heavy atom. The van der Waals surface area contributed by atoms with E-state index in [1.807, 2.05) is 0 Å². The molecule has 112 valence electrons. The molecular formula is C20H32. The lowest BCUT2D eigenvalue weighted by Gasteiger charge is -2.31. The maximum Gasteiger partial charge on any atom is -0.0113 e. The lowest BCUT2D eigenvalue weighted by molar-refractivity contribution is 0.303. The van der Waals surface area contributed by atoms with Crippen LogP contribution in [0.15, 0.2) is 24.3 Å². The normalized spacial score (nSPS) is 19.0. The van der Waals surface area contributed by atoms with Gasteiger partial charge in [-0.3, -0.25) is 0 Å². The molecule has 0 heterocycles. The van der Waals surface area contributed by atoms with Gasteiger partial charge >= 0.3 is 0 Å². The molecule has 0 heteroatoms. The number of rotatable bonds is 4. The summed E-state index contributed by atoms with van der Waals surface area (Å²) in [5.74, 6) is 1.52. The van der Waals surface area contributed by atoms with E-state index in [1.165, 1.54) is 44.9 Å². The summed E-state index contributed by atoms with van der Waals surface area (Å²) < 4.78 is 0. The first kappa shape index (κ1) is 15.6. The molecule has 1 aliphatic carbocycles. The molecule has 1 aromatic rings. The summed E-state index contributed by atoms with van der Waals surface area (Å²) >= 11 is 0. The molecule has 0 radical (unpaired) electrons. The highest BCUT2D eigenvalue weighted by atomic mass is 14.3. The van der Waals surface area contributed by atoms with Crippen molar-refractivity contribution < 1.29 is 0 Å². The average Bonchev–Trinajstić information content (AvgIpc) is 2.45. The largest absolute Gasteiger partial charge is 0.0654 e. The van der Waals surface area contributed by atoms with E-state index in [1.54, 1.807) is 11.1 Å². The Morgan fingerprint density at radius 3 is 2.10 bits per heavy atom. The third-order valence-corrected chi connectivity index (χ3v) is 5.04. The highest BCUT2D eigenvalue weighted by molar-refractivity contribution is 5.29. The molecule has 1 aromatic carbocycles. The summed E-state index contributed by atoms with van der Waals surface area (Å²) in [6.07, 6.45) is 9.66. The summed E-state index contributed by atoms with van der Waals surface area (Å²) in [7, 11) is 0. The van der Waals surface area contributed by atoms with Crippen molar-refractivity contribution in [2.24, 2.45) is 5.41 Å². The van der Waals surface area contributed by atoms with E-state index in [9.17, 15) is 0 Å². The average molecular weight is 272 g/mol. The van der Waals surface area contributed by atoms with Crippen molar-refractivity contribution in [3.63, 3.8) is 0 Å². The van der Waals surface area contributed by atoms with E-state index in [2.05, 4.69) is 52.0 Å². The van der Waals surface area contributed by atoms with Crippen molar-refractivity contribution in [3.8, 4) is 0 Å². The van der Waals surface area contributed by atoms with Gasteiger partial charge < -0.3 is 0 Å². The molecule has 0 saturated heterocycles. The Balaban J connectivity index is 2.13. The van der Waals surface area contributed by atoms with Crippen LogP contribution in [0.1, 0.15) is 95.6 Å². The van der Waals surface area contributed by atoms with Crippen LogP contribution in [0.2, 0.25) is 0 Å². The minimum Gasteiger partial charge on any atom is -0.0654 e. The van der Waals surface area contributed by atoms with E-state index in [4.69, 9.17) is 0 Å². The lowest BCUT2D eigenvalue weighted by atomic mass is 9.73. The Morgan fingerprint density at radius 1 is 1.00 bits per heavy atom. The van der Waals surface area contributed by atoms with Crippen LogP contribution in [0.25, 0.3) is 0 Å². The third-order valence-electron chi connectivity index (χ3n) is 5.04. The Bertz CT molecular complexity index is 387. The molecule has 1 atom stereocenters. The molecule has 20 heavy (non-hydrogen) atoms. The first-order valence-corrected chi connectivity index (χ1v) is 8.62. The van der Waals surface area contributed by atoms with Crippen molar-refractivity contribution in [3.05, 3.63) is 35.4 Å². The molecule has 1 unspecified atom stereocenters. The van der Waals surface area contributed by atoms with Crippen LogP contribution in [-0.4, -0.2) is 0 Å². The summed E-state index contributed by atoms with van der Waals surface area (Å²) in [6.45, 7) is 9.43. The van der Waals surface area contributed by atoms with Gasteiger partial charge in [0.1, 0.15) is 0 Å². The Hall–Kier alpha value is -0.780. The number of hydrogen-bond acceptors (Lipinski definition) is 0. The highest BCUT2D eigenvalue weighted by Gasteiger charge is 2.25. The van der Waals surface area contributed by atoms with Crippen LogP contribution in [-0.2, 0) is 0 Å². The zero-order valence-corrected chi connectivity index (χ0v) is 13.9. The third kappa shape index (κ3) is 3.87. The molecule has 0 aromatic heterocycles. The zero-order chi connectivity index (χ0) is 14.6. The van der Waals surface area contributed by atoms with Crippen LogP contribution < -0.4 is 0 Å². The molecule has 0 aliphatic heterocycles. The van der Waals surface area contributed by atoms with Crippen molar-refractivity contribution in [1.29, 1.82) is 0 Å². The number of benzene rings is 1. The Kier molecular flexibility index (Phi) is 5.29. The molecule has 1 saturated carbocycles. The van der Waals surface area contributed by atoms with E-state index in [-0.39, 0.29) is 0 Å². The van der Waals surface area contributed by atoms with Gasteiger partial charge in [0.2, 0.25) is 0 Å². The standard InChI is InChI=1S/C20H32/c1-5-9-19(20(2,3)4)18-14-12-17(13-15-18)16-10-7-6-8-11-16/h12-16,19H,5-11H2,1-4H3. The van der Waals surface area contributed by atoms with Crippen LogP contribution in [0.3, 0.4) is 0 Å². The first-order chi connectivity index (χ1) is 9.52. The van der Waals surface area contributed by atoms with Crippen LogP contribution in [0, 0.1) is 5.41 Å². The minimum absolute atomic E-state index is 0.363. The maximum atomic E-state index is 2.42. The fourth-order valence-corrected chi connectivity index (χ4v) is 3.82. The predicted octanol–water partition coefficient (Wildman–Crippen LogP) is 6.66. The van der Waals surface area contributed by atoms with Gasteiger partial charge in [-0.25, -0.2) is 0 Å². The molecular weight excluding hydrogens is 240 g/mol. The van der Waals surface area contributed by atoms with Gasteiger partial charge in [0, 0.05) is 0 Å². The summed E-state index contributed by atoms with van der Waals surface area (Å²) in [5.41, 5.74) is 3.49. The van der Waals surface area contributed by atoms with Gasteiger partial charge in [-0.1, -0.05) is 77.6 Å². The van der Waals surface area contributed by atoms with E-state index in [0.29, 0.717) is 11.3 Å². The van der Waals surface area contributed by atoms with Crippen molar-refractivity contribution in [2.75, 3.05) is 0 Å². The fourth-order valence-electron chi connectivity index (χ4n) is 3.82. The molecule has 2 rings (SSSR count). The summed E-state index contributed by atoms with van der Waals surface area (Å²) in [6, 6.07) is 9.66. The monoisotopic (exact) mass is 272 g/mol. The minimum atomic E-state index is 0.363. The van der Waals surface area contributed by atoms with E-state index < -0.39 is 0 Å². The van der Waals surface area contributed by atoms with E-state index in [0.717, 1.165) is 5.92 Å². The molecule has 0 nitrogen and oxygen atoms in total. The molecule has 1 fully saturated rings. The summed E-state index contributed by atoms with van der Waals surface area (Å²) in [4.78, 5) is 0. The fraction of sp³-hybridized carbons (Fsp3) is 0.700. The van der Waals surface area contributed by atoms with Gasteiger partial charge in [0.05, 0.1) is 0 Å². The summed E-state index contributed by atoms with van der Waals surface area (Å²) in [5, 5.41) is 0. The van der Waals surface area contributed by atoms with Gasteiger partial charge in [0.15, 0.2) is 0 Å². The maximum absolute atomic E-state index is 2.42. The van der Waals surface area contributed by atoms with E-state index >= 15 is 0 Å². The van der Waals surface area contributed by atoms with Crippen molar-refractivity contribution in [1.82, 2.24) is 0 Å². The number of hydrogen-bond donors (Lipinski definition) is 0. The van der Waals surface area contributed by atoms with Crippen molar-refractivity contribution >= 4 is 0 Å². The molecule has 1 aliphatic rings. The zero-order valence-electron chi connectivity index (χ0n) is 13.9. The molecule has 0 bridgehead atoms. The van der Waals surface area contributed by atoms with Crippen LogP contribution in [0.4, 0.5) is 0 Å². The molecule has 0 spiro atoms. The van der Waals surface area contributed by atoms with Gasteiger partial charge in [-0.05, 0) is 47.6 Å². The lowest BCUT2D eigenvalue weighted by Crippen LogP contribution is -2.18. The second kappa shape index (κ2) is 6.78. The van der Waals surface area contributed by atoms with Crippen molar-refractivity contribution in [2.45, 2.75) is 84.5 Å². The smallest absolute Gasteiger partial charge is 0.0113 e. The van der Waals surface area contributed by atoms with Crippen LogP contribution >= 0.6 is 0 Å².